The van der Waals surface area contributed by atoms with E-state index in [1.165, 1.54) is 12.3 Å². The standard InChI is InChI=1S/C18H16FN5O/c1-12(18-23-22-16-8-4-5-9-24(16)18)20-11-17-21-10-15(25-17)13-6-2-3-7-14(13)19/h2-10,12,20H,11H2,1H3/t12-/m1/s1. The molecule has 0 amide bonds. The van der Waals surface area contributed by atoms with Crippen LogP contribution < -0.4 is 5.32 Å². The topological polar surface area (TPSA) is 68.2 Å². The monoisotopic (exact) mass is 337 g/mol. The van der Waals surface area contributed by atoms with Gasteiger partial charge in [-0.15, -0.1) is 10.2 Å². The number of nitrogens with zero attached hydrogens (tertiary/aromatic N) is 4. The predicted octanol–water partition coefficient (Wildman–Crippen LogP) is 3.37. The van der Waals surface area contributed by atoms with Crippen LogP contribution in [0.1, 0.15) is 24.7 Å². The van der Waals surface area contributed by atoms with E-state index in [0.717, 1.165) is 11.5 Å². The van der Waals surface area contributed by atoms with E-state index >= 15 is 0 Å². The Morgan fingerprint density at radius 2 is 2.00 bits per heavy atom. The summed E-state index contributed by atoms with van der Waals surface area (Å²) in [5.41, 5.74) is 1.20. The van der Waals surface area contributed by atoms with Crippen molar-refractivity contribution in [1.82, 2.24) is 24.9 Å². The van der Waals surface area contributed by atoms with Gasteiger partial charge in [-0.05, 0) is 31.2 Å². The third kappa shape index (κ3) is 3.01. The molecule has 1 atom stereocenters. The van der Waals surface area contributed by atoms with Gasteiger partial charge in [-0.25, -0.2) is 9.37 Å². The van der Waals surface area contributed by atoms with Crippen molar-refractivity contribution < 1.29 is 8.81 Å². The molecule has 0 aliphatic rings. The maximum absolute atomic E-state index is 13.8. The van der Waals surface area contributed by atoms with E-state index in [9.17, 15) is 4.39 Å². The van der Waals surface area contributed by atoms with Gasteiger partial charge >= 0.3 is 0 Å². The largest absolute Gasteiger partial charge is 0.439 e. The smallest absolute Gasteiger partial charge is 0.208 e. The van der Waals surface area contributed by atoms with Crippen molar-refractivity contribution in [2.24, 2.45) is 0 Å². The summed E-state index contributed by atoms with van der Waals surface area (Å²) in [7, 11) is 0. The lowest BCUT2D eigenvalue weighted by Crippen LogP contribution is -2.20. The van der Waals surface area contributed by atoms with E-state index < -0.39 is 0 Å². The van der Waals surface area contributed by atoms with Gasteiger partial charge < -0.3 is 4.42 Å². The van der Waals surface area contributed by atoms with Gasteiger partial charge in [0.1, 0.15) is 5.82 Å². The molecule has 0 saturated heterocycles. The molecule has 1 N–H and O–H groups in total. The second-order valence-corrected chi connectivity index (χ2v) is 5.69. The molecule has 0 fully saturated rings. The summed E-state index contributed by atoms with van der Waals surface area (Å²) in [6.07, 6.45) is 3.46. The molecule has 3 heterocycles. The van der Waals surface area contributed by atoms with Crippen LogP contribution in [0.2, 0.25) is 0 Å². The fourth-order valence-electron chi connectivity index (χ4n) is 2.66. The summed E-state index contributed by atoms with van der Waals surface area (Å²) in [6, 6.07) is 12.2. The van der Waals surface area contributed by atoms with E-state index in [4.69, 9.17) is 4.42 Å². The van der Waals surface area contributed by atoms with Crippen molar-refractivity contribution in [3.8, 4) is 11.3 Å². The number of hydrogen-bond donors (Lipinski definition) is 1. The van der Waals surface area contributed by atoms with Crippen LogP contribution >= 0.6 is 0 Å². The molecule has 3 aromatic heterocycles. The van der Waals surface area contributed by atoms with Gasteiger partial charge in [0.25, 0.3) is 0 Å². The number of oxazole rings is 1. The highest BCUT2D eigenvalue weighted by atomic mass is 19.1. The average molecular weight is 337 g/mol. The number of rotatable bonds is 5. The highest BCUT2D eigenvalue weighted by Crippen LogP contribution is 2.23. The van der Waals surface area contributed by atoms with E-state index in [1.807, 2.05) is 35.7 Å². The van der Waals surface area contributed by atoms with E-state index in [2.05, 4.69) is 20.5 Å². The van der Waals surface area contributed by atoms with Gasteiger partial charge in [-0.1, -0.05) is 18.2 Å². The van der Waals surface area contributed by atoms with Crippen molar-refractivity contribution in [1.29, 1.82) is 0 Å². The molecule has 7 heteroatoms. The van der Waals surface area contributed by atoms with E-state index in [-0.39, 0.29) is 11.9 Å². The molecule has 0 aliphatic heterocycles. The molecular weight excluding hydrogens is 321 g/mol. The third-order valence-corrected chi connectivity index (χ3v) is 3.98. The Morgan fingerprint density at radius 1 is 1.16 bits per heavy atom. The molecule has 4 aromatic rings. The quantitative estimate of drug-likeness (QED) is 0.605. The molecule has 126 valence electrons. The van der Waals surface area contributed by atoms with Crippen LogP contribution in [0.15, 0.2) is 59.3 Å². The summed E-state index contributed by atoms with van der Waals surface area (Å²) in [5, 5.41) is 11.7. The normalized spacial score (nSPS) is 12.6. The first-order valence-electron chi connectivity index (χ1n) is 7.95. The first-order valence-corrected chi connectivity index (χ1v) is 7.95. The van der Waals surface area contributed by atoms with Crippen molar-refractivity contribution in [2.75, 3.05) is 0 Å². The number of nitrogens with one attached hydrogen (secondary N) is 1. The summed E-state index contributed by atoms with van der Waals surface area (Å²) >= 11 is 0. The van der Waals surface area contributed by atoms with Gasteiger partial charge in [-0.2, -0.15) is 0 Å². The van der Waals surface area contributed by atoms with Crippen molar-refractivity contribution in [2.45, 2.75) is 19.5 Å². The second-order valence-electron chi connectivity index (χ2n) is 5.69. The summed E-state index contributed by atoms with van der Waals surface area (Å²) < 4.78 is 21.4. The molecule has 0 aliphatic carbocycles. The predicted molar refractivity (Wildman–Crippen MR) is 90.1 cm³/mol. The Kier molecular flexibility index (Phi) is 3.99. The zero-order chi connectivity index (χ0) is 17.2. The minimum absolute atomic E-state index is 0.0544. The molecule has 6 nitrogen and oxygen atoms in total. The Bertz CT molecular complexity index is 1010. The highest BCUT2D eigenvalue weighted by Gasteiger charge is 2.15. The fourth-order valence-corrected chi connectivity index (χ4v) is 2.66. The van der Waals surface area contributed by atoms with Crippen LogP contribution in [0.5, 0.6) is 0 Å². The van der Waals surface area contributed by atoms with Crippen LogP contribution in [0, 0.1) is 5.82 Å². The molecule has 0 unspecified atom stereocenters. The second kappa shape index (κ2) is 6.45. The summed E-state index contributed by atoms with van der Waals surface area (Å²) in [6.45, 7) is 2.39. The molecule has 1 aromatic carbocycles. The van der Waals surface area contributed by atoms with Crippen LogP contribution in [-0.4, -0.2) is 19.6 Å². The Morgan fingerprint density at radius 3 is 2.88 bits per heavy atom. The molecule has 0 radical (unpaired) electrons. The molecule has 4 rings (SSSR count). The SMILES string of the molecule is C[C@@H](NCc1ncc(-c2ccccc2F)o1)c1nnc2ccccn12. The zero-order valence-electron chi connectivity index (χ0n) is 13.6. The maximum Gasteiger partial charge on any atom is 0.208 e. The number of aromatic nitrogens is 4. The van der Waals surface area contributed by atoms with Crippen LogP contribution in [0.4, 0.5) is 4.39 Å². The molecule has 25 heavy (non-hydrogen) atoms. The Hall–Kier alpha value is -3.06. The number of hydrogen-bond acceptors (Lipinski definition) is 5. The minimum atomic E-state index is -0.332. The number of fused-ring (bicyclic) bond motifs is 1. The molecular formula is C18H16FN5O. The van der Waals surface area contributed by atoms with Gasteiger partial charge in [0.2, 0.25) is 5.89 Å². The van der Waals surface area contributed by atoms with E-state index in [0.29, 0.717) is 23.8 Å². The average Bonchev–Trinajstić information content (AvgIpc) is 3.27. The number of pyridine rings is 1. The Balaban J connectivity index is 1.48. The lowest BCUT2D eigenvalue weighted by molar-refractivity contribution is 0.444. The summed E-state index contributed by atoms with van der Waals surface area (Å²) in [4.78, 5) is 4.21. The first kappa shape index (κ1) is 15.5. The number of benzene rings is 1. The lowest BCUT2D eigenvalue weighted by atomic mass is 10.2. The van der Waals surface area contributed by atoms with Gasteiger partial charge in [-0.3, -0.25) is 9.72 Å². The lowest BCUT2D eigenvalue weighted by Gasteiger charge is -2.10. The van der Waals surface area contributed by atoms with Crippen LogP contribution in [-0.2, 0) is 6.54 Å². The minimum Gasteiger partial charge on any atom is -0.439 e. The Labute approximate surface area is 143 Å². The molecule has 0 spiro atoms. The third-order valence-electron chi connectivity index (χ3n) is 3.98. The zero-order valence-corrected chi connectivity index (χ0v) is 13.6. The number of halogens is 1. The summed E-state index contributed by atoms with van der Waals surface area (Å²) in [5.74, 6) is 1.37. The van der Waals surface area contributed by atoms with Crippen LogP contribution in [0.25, 0.3) is 17.0 Å². The first-order chi connectivity index (χ1) is 12.2. The fraction of sp³-hybridized carbons (Fsp3) is 0.167. The maximum atomic E-state index is 13.8. The van der Waals surface area contributed by atoms with Gasteiger partial charge in [0.05, 0.1) is 24.3 Å². The van der Waals surface area contributed by atoms with Crippen molar-refractivity contribution in [3.63, 3.8) is 0 Å². The van der Waals surface area contributed by atoms with Crippen molar-refractivity contribution >= 4 is 5.65 Å². The van der Waals surface area contributed by atoms with Crippen LogP contribution in [0.3, 0.4) is 0 Å². The van der Waals surface area contributed by atoms with Crippen molar-refractivity contribution in [3.05, 3.63) is 72.4 Å². The molecule has 0 saturated carbocycles. The molecule has 0 bridgehead atoms. The van der Waals surface area contributed by atoms with Gasteiger partial charge in [0, 0.05) is 6.20 Å². The van der Waals surface area contributed by atoms with E-state index in [1.54, 1.807) is 18.2 Å². The van der Waals surface area contributed by atoms with Gasteiger partial charge in [0.15, 0.2) is 17.2 Å². The highest BCUT2D eigenvalue weighted by molar-refractivity contribution is 5.56.